The predicted octanol–water partition coefficient (Wildman–Crippen LogP) is 2.36. The third-order valence-corrected chi connectivity index (χ3v) is 5.31. The number of halogens is 1. The van der Waals surface area contributed by atoms with Crippen molar-refractivity contribution >= 4 is 29.9 Å². The van der Waals surface area contributed by atoms with Crippen molar-refractivity contribution in [3.8, 4) is 0 Å². The fourth-order valence-electron chi connectivity index (χ4n) is 3.80. The number of hydrogen-bond donors (Lipinski definition) is 1. The number of rotatable bonds is 4. The quantitative estimate of drug-likeness (QED) is 0.890. The Kier molecular flexibility index (Phi) is 6.85. The molecule has 2 amide bonds. The first-order valence-corrected chi connectivity index (χ1v) is 9.04. The van der Waals surface area contributed by atoms with E-state index in [1.807, 2.05) is 29.2 Å². The monoisotopic (exact) mass is 365 g/mol. The van der Waals surface area contributed by atoms with Gasteiger partial charge in [0.05, 0.1) is 5.92 Å². The van der Waals surface area contributed by atoms with Crippen molar-refractivity contribution in [1.82, 2.24) is 4.90 Å². The highest BCUT2D eigenvalue weighted by molar-refractivity contribution is 6.00. The van der Waals surface area contributed by atoms with Crippen molar-refractivity contribution in [1.29, 1.82) is 0 Å². The molecule has 0 bridgehead atoms. The minimum Gasteiger partial charge on any atom is -0.338 e. The van der Waals surface area contributed by atoms with Crippen LogP contribution in [-0.4, -0.2) is 42.4 Å². The molecule has 2 atom stereocenters. The summed E-state index contributed by atoms with van der Waals surface area (Å²) in [5.74, 6) is -0.0967. The minimum absolute atomic E-state index is 0. The summed E-state index contributed by atoms with van der Waals surface area (Å²) in [6.07, 6.45) is 4.42. The zero-order valence-electron chi connectivity index (χ0n) is 14.8. The SMILES string of the molecule is CCc1ccc(N2CC(C(=O)N3CCCCC3CN)CC2=O)cc1.Cl. The number of aryl methyl sites for hydroxylation is 1. The van der Waals surface area contributed by atoms with Crippen LogP contribution in [0.4, 0.5) is 5.69 Å². The summed E-state index contributed by atoms with van der Waals surface area (Å²) in [6.45, 7) is 3.87. The molecule has 2 N–H and O–H groups in total. The molecule has 6 heteroatoms. The highest BCUT2D eigenvalue weighted by atomic mass is 35.5. The van der Waals surface area contributed by atoms with Crippen LogP contribution in [0.15, 0.2) is 24.3 Å². The van der Waals surface area contributed by atoms with Crippen molar-refractivity contribution in [2.24, 2.45) is 11.7 Å². The number of benzene rings is 1. The topological polar surface area (TPSA) is 66.6 Å². The fraction of sp³-hybridized carbons (Fsp3) is 0.579. The summed E-state index contributed by atoms with van der Waals surface area (Å²) in [5.41, 5.74) is 7.97. The first-order chi connectivity index (χ1) is 11.6. The summed E-state index contributed by atoms with van der Waals surface area (Å²) in [7, 11) is 0. The Balaban J connectivity index is 0.00000225. The van der Waals surface area contributed by atoms with Gasteiger partial charge in [-0.2, -0.15) is 0 Å². The Morgan fingerprint density at radius 3 is 2.60 bits per heavy atom. The van der Waals surface area contributed by atoms with E-state index in [4.69, 9.17) is 5.73 Å². The van der Waals surface area contributed by atoms with Gasteiger partial charge in [0.2, 0.25) is 11.8 Å². The zero-order valence-corrected chi connectivity index (χ0v) is 15.6. The van der Waals surface area contributed by atoms with Crippen molar-refractivity contribution in [2.45, 2.75) is 45.1 Å². The molecule has 2 saturated heterocycles. The highest BCUT2D eigenvalue weighted by Crippen LogP contribution is 2.28. The Labute approximate surface area is 155 Å². The molecule has 0 radical (unpaired) electrons. The van der Waals surface area contributed by atoms with Gasteiger partial charge in [0.15, 0.2) is 0 Å². The lowest BCUT2D eigenvalue weighted by Gasteiger charge is -2.36. The van der Waals surface area contributed by atoms with Crippen LogP contribution in [0, 0.1) is 5.92 Å². The summed E-state index contributed by atoms with van der Waals surface area (Å²) in [5, 5.41) is 0. The van der Waals surface area contributed by atoms with Gasteiger partial charge in [-0.05, 0) is 43.4 Å². The second-order valence-electron chi connectivity index (χ2n) is 6.84. The van der Waals surface area contributed by atoms with Crippen LogP contribution < -0.4 is 10.6 Å². The highest BCUT2D eigenvalue weighted by Gasteiger charge is 2.39. The van der Waals surface area contributed by atoms with Gasteiger partial charge in [0.1, 0.15) is 0 Å². The summed E-state index contributed by atoms with van der Waals surface area (Å²) >= 11 is 0. The molecular weight excluding hydrogens is 338 g/mol. The van der Waals surface area contributed by atoms with Crippen LogP contribution in [0.3, 0.4) is 0 Å². The number of anilines is 1. The Hall–Kier alpha value is -1.59. The maximum absolute atomic E-state index is 12.9. The van der Waals surface area contributed by atoms with Crippen LogP contribution in [0.1, 0.15) is 38.2 Å². The maximum Gasteiger partial charge on any atom is 0.228 e. The van der Waals surface area contributed by atoms with Crippen LogP contribution in [-0.2, 0) is 16.0 Å². The van der Waals surface area contributed by atoms with Crippen molar-refractivity contribution < 1.29 is 9.59 Å². The number of nitrogens with zero attached hydrogens (tertiary/aromatic N) is 2. The lowest BCUT2D eigenvalue weighted by Crippen LogP contribution is -2.50. The maximum atomic E-state index is 12.9. The molecule has 0 saturated carbocycles. The molecule has 0 spiro atoms. The first-order valence-electron chi connectivity index (χ1n) is 9.04. The number of carbonyl (C=O) groups excluding carboxylic acids is 2. The van der Waals surface area contributed by atoms with E-state index < -0.39 is 0 Å². The lowest BCUT2D eigenvalue weighted by atomic mass is 9.98. The molecule has 2 heterocycles. The lowest BCUT2D eigenvalue weighted by molar-refractivity contribution is -0.139. The molecule has 3 rings (SSSR count). The molecule has 25 heavy (non-hydrogen) atoms. The van der Waals surface area contributed by atoms with E-state index in [9.17, 15) is 9.59 Å². The van der Waals surface area contributed by atoms with Crippen molar-refractivity contribution in [2.75, 3.05) is 24.5 Å². The average Bonchev–Trinajstić information content (AvgIpc) is 3.03. The van der Waals surface area contributed by atoms with Crippen LogP contribution in [0.5, 0.6) is 0 Å². The molecule has 0 aliphatic carbocycles. The predicted molar refractivity (Wildman–Crippen MR) is 102 cm³/mol. The smallest absolute Gasteiger partial charge is 0.228 e. The standard InChI is InChI=1S/C19H27N3O2.ClH/c1-2-14-6-8-16(9-7-14)22-13-15(11-18(22)23)19(24)21-10-4-3-5-17(21)12-20;/h6-9,15,17H,2-5,10-13,20H2,1H3;1H. The molecular formula is C19H28ClN3O2. The van der Waals surface area contributed by atoms with Gasteiger partial charge < -0.3 is 15.5 Å². The molecule has 5 nitrogen and oxygen atoms in total. The number of likely N-dealkylation sites (tertiary alicyclic amines) is 1. The zero-order chi connectivity index (χ0) is 17.1. The van der Waals surface area contributed by atoms with Gasteiger partial charge in [-0.1, -0.05) is 19.1 Å². The Morgan fingerprint density at radius 1 is 1.24 bits per heavy atom. The largest absolute Gasteiger partial charge is 0.338 e. The summed E-state index contributed by atoms with van der Waals surface area (Å²) in [4.78, 5) is 29.0. The molecule has 0 aromatic heterocycles. The van der Waals surface area contributed by atoms with Gasteiger partial charge in [-0.25, -0.2) is 0 Å². The van der Waals surface area contributed by atoms with Gasteiger partial charge in [0.25, 0.3) is 0 Å². The molecule has 2 unspecified atom stereocenters. The molecule has 2 aliphatic heterocycles. The molecule has 1 aromatic carbocycles. The Bertz CT molecular complexity index is 605. The van der Waals surface area contributed by atoms with Crippen LogP contribution >= 0.6 is 12.4 Å². The van der Waals surface area contributed by atoms with Crippen molar-refractivity contribution in [3.63, 3.8) is 0 Å². The number of amides is 2. The van der Waals surface area contributed by atoms with Crippen LogP contribution in [0.25, 0.3) is 0 Å². The minimum atomic E-state index is -0.240. The van der Waals surface area contributed by atoms with Crippen molar-refractivity contribution in [3.05, 3.63) is 29.8 Å². The number of hydrogen-bond acceptors (Lipinski definition) is 3. The second-order valence-corrected chi connectivity index (χ2v) is 6.84. The van der Waals surface area contributed by atoms with E-state index in [1.165, 1.54) is 5.56 Å². The van der Waals surface area contributed by atoms with E-state index in [0.29, 0.717) is 19.5 Å². The number of carbonyl (C=O) groups is 2. The summed E-state index contributed by atoms with van der Waals surface area (Å²) < 4.78 is 0. The van der Waals surface area contributed by atoms with E-state index in [-0.39, 0.29) is 36.2 Å². The summed E-state index contributed by atoms with van der Waals surface area (Å²) in [6, 6.07) is 8.19. The number of nitrogens with two attached hydrogens (primary N) is 1. The van der Waals surface area contributed by atoms with Crippen LogP contribution in [0.2, 0.25) is 0 Å². The molecule has 138 valence electrons. The normalized spacial score (nSPS) is 23.5. The van der Waals surface area contributed by atoms with E-state index in [2.05, 4.69) is 6.92 Å². The average molecular weight is 366 g/mol. The Morgan fingerprint density at radius 2 is 1.96 bits per heavy atom. The molecule has 2 fully saturated rings. The molecule has 2 aliphatic rings. The van der Waals surface area contributed by atoms with Gasteiger partial charge in [0, 0.05) is 37.8 Å². The van der Waals surface area contributed by atoms with E-state index in [1.54, 1.807) is 4.90 Å². The van der Waals surface area contributed by atoms with E-state index >= 15 is 0 Å². The fourth-order valence-corrected chi connectivity index (χ4v) is 3.80. The third-order valence-electron chi connectivity index (χ3n) is 5.31. The second kappa shape index (κ2) is 8.68. The number of piperidine rings is 1. The first kappa shape index (κ1) is 19.7. The van der Waals surface area contributed by atoms with Gasteiger partial charge in [-0.3, -0.25) is 9.59 Å². The molecule has 1 aromatic rings. The van der Waals surface area contributed by atoms with Gasteiger partial charge in [-0.15, -0.1) is 12.4 Å². The van der Waals surface area contributed by atoms with E-state index in [0.717, 1.165) is 37.9 Å². The third kappa shape index (κ3) is 4.15. The van der Waals surface area contributed by atoms with Gasteiger partial charge >= 0.3 is 0 Å².